The van der Waals surface area contributed by atoms with Crippen molar-refractivity contribution < 1.29 is 0 Å². The van der Waals surface area contributed by atoms with Gasteiger partial charge in [-0.25, -0.2) is 4.98 Å². The molecule has 2 unspecified atom stereocenters. The van der Waals surface area contributed by atoms with Gasteiger partial charge in [0.15, 0.2) is 0 Å². The van der Waals surface area contributed by atoms with Crippen LogP contribution in [0.3, 0.4) is 0 Å². The number of imidazole rings is 1. The Hall–Kier alpha value is -0.990. The fourth-order valence-electron chi connectivity index (χ4n) is 4.04. The maximum atomic E-state index is 4.59. The van der Waals surface area contributed by atoms with E-state index in [4.69, 9.17) is 0 Å². The molecule has 2 aliphatic rings. The quantitative estimate of drug-likeness (QED) is 0.858. The van der Waals surface area contributed by atoms with Crippen molar-refractivity contribution in [2.45, 2.75) is 83.2 Å². The topological polar surface area (TPSA) is 29.9 Å². The van der Waals surface area contributed by atoms with Crippen LogP contribution < -0.4 is 5.32 Å². The van der Waals surface area contributed by atoms with Gasteiger partial charge < -0.3 is 9.88 Å². The van der Waals surface area contributed by atoms with Crippen LogP contribution in [-0.2, 0) is 0 Å². The summed E-state index contributed by atoms with van der Waals surface area (Å²) in [7, 11) is 0. The first-order chi connectivity index (χ1) is 9.86. The number of aromatic nitrogens is 2. The molecule has 2 saturated carbocycles. The minimum absolute atomic E-state index is 0.649. The van der Waals surface area contributed by atoms with Crippen molar-refractivity contribution in [1.29, 1.82) is 0 Å². The molecule has 3 nitrogen and oxygen atoms in total. The van der Waals surface area contributed by atoms with Crippen molar-refractivity contribution >= 4 is 5.95 Å². The zero-order valence-electron chi connectivity index (χ0n) is 12.9. The Morgan fingerprint density at radius 3 is 2.80 bits per heavy atom. The maximum Gasteiger partial charge on any atom is 0.203 e. The molecule has 2 atom stereocenters. The average molecular weight is 275 g/mol. The predicted octanol–water partition coefficient (Wildman–Crippen LogP) is 4.77. The summed E-state index contributed by atoms with van der Waals surface area (Å²) < 4.78 is 2.43. The standard InChI is InChI=1S/C17H29N3/c1-2-14-7-6-10-16(13-14)20-12-11-18-17(20)19-15-8-4-3-5-9-15/h11-12,14-16H,2-10,13H2,1H3,(H,18,19). The Kier molecular flexibility index (Phi) is 4.64. The molecular weight excluding hydrogens is 246 g/mol. The molecule has 1 aromatic rings. The second kappa shape index (κ2) is 6.64. The number of anilines is 1. The Balaban J connectivity index is 1.66. The fraction of sp³-hybridized carbons (Fsp3) is 0.824. The smallest absolute Gasteiger partial charge is 0.203 e. The van der Waals surface area contributed by atoms with E-state index in [2.05, 4.69) is 28.0 Å². The molecular formula is C17H29N3. The van der Waals surface area contributed by atoms with Crippen LogP contribution in [0.4, 0.5) is 5.95 Å². The zero-order chi connectivity index (χ0) is 13.8. The highest BCUT2D eigenvalue weighted by atomic mass is 15.2. The van der Waals surface area contributed by atoms with E-state index in [1.54, 1.807) is 0 Å². The van der Waals surface area contributed by atoms with E-state index in [0.29, 0.717) is 12.1 Å². The van der Waals surface area contributed by atoms with Gasteiger partial charge in [0.1, 0.15) is 0 Å². The van der Waals surface area contributed by atoms with Crippen molar-refractivity contribution in [2.24, 2.45) is 5.92 Å². The highest BCUT2D eigenvalue weighted by Gasteiger charge is 2.24. The molecule has 0 saturated heterocycles. The second-order valence-corrected chi connectivity index (χ2v) is 6.73. The van der Waals surface area contributed by atoms with Gasteiger partial charge in [-0.3, -0.25) is 0 Å². The third-order valence-corrected chi connectivity index (χ3v) is 5.33. The lowest BCUT2D eigenvalue weighted by atomic mass is 9.84. The lowest BCUT2D eigenvalue weighted by molar-refractivity contribution is 0.262. The summed E-state index contributed by atoms with van der Waals surface area (Å²) in [4.78, 5) is 4.59. The first kappa shape index (κ1) is 14.0. The van der Waals surface area contributed by atoms with Crippen LogP contribution in [0.1, 0.15) is 77.2 Å². The third kappa shape index (κ3) is 3.18. The van der Waals surface area contributed by atoms with Gasteiger partial charge in [-0.15, -0.1) is 0 Å². The molecule has 0 aliphatic heterocycles. The van der Waals surface area contributed by atoms with Crippen molar-refractivity contribution in [2.75, 3.05) is 5.32 Å². The molecule has 1 aromatic heterocycles. The van der Waals surface area contributed by atoms with Gasteiger partial charge in [0.25, 0.3) is 0 Å². The summed E-state index contributed by atoms with van der Waals surface area (Å²) in [6, 6.07) is 1.32. The van der Waals surface area contributed by atoms with Crippen LogP contribution >= 0.6 is 0 Å². The van der Waals surface area contributed by atoms with Gasteiger partial charge in [-0.05, 0) is 31.6 Å². The third-order valence-electron chi connectivity index (χ3n) is 5.33. The average Bonchev–Trinajstić information content (AvgIpc) is 2.96. The van der Waals surface area contributed by atoms with E-state index in [9.17, 15) is 0 Å². The number of hydrogen-bond donors (Lipinski definition) is 1. The number of nitrogens with zero attached hydrogens (tertiary/aromatic N) is 2. The molecule has 1 heterocycles. The predicted molar refractivity (Wildman–Crippen MR) is 84.0 cm³/mol. The molecule has 0 spiro atoms. The molecule has 0 aromatic carbocycles. The van der Waals surface area contributed by atoms with Gasteiger partial charge in [0.2, 0.25) is 5.95 Å². The van der Waals surface area contributed by atoms with E-state index in [-0.39, 0.29) is 0 Å². The van der Waals surface area contributed by atoms with Crippen LogP contribution in [0.25, 0.3) is 0 Å². The second-order valence-electron chi connectivity index (χ2n) is 6.73. The Morgan fingerprint density at radius 1 is 1.15 bits per heavy atom. The molecule has 0 bridgehead atoms. The van der Waals surface area contributed by atoms with E-state index in [0.717, 1.165) is 11.9 Å². The highest BCUT2D eigenvalue weighted by Crippen LogP contribution is 2.35. The lowest BCUT2D eigenvalue weighted by Gasteiger charge is -2.31. The van der Waals surface area contributed by atoms with Gasteiger partial charge >= 0.3 is 0 Å². The highest BCUT2D eigenvalue weighted by molar-refractivity contribution is 5.28. The summed E-state index contributed by atoms with van der Waals surface area (Å²) in [5, 5.41) is 3.71. The monoisotopic (exact) mass is 275 g/mol. The molecule has 112 valence electrons. The number of hydrogen-bond acceptors (Lipinski definition) is 2. The molecule has 2 fully saturated rings. The number of nitrogens with one attached hydrogen (secondary N) is 1. The van der Waals surface area contributed by atoms with Crippen molar-refractivity contribution in [3.8, 4) is 0 Å². The summed E-state index contributed by atoms with van der Waals surface area (Å²) >= 11 is 0. The molecule has 3 rings (SSSR count). The summed E-state index contributed by atoms with van der Waals surface area (Å²) in [5.74, 6) is 2.04. The zero-order valence-corrected chi connectivity index (χ0v) is 12.9. The summed E-state index contributed by atoms with van der Waals surface area (Å²) in [6.45, 7) is 2.34. The Morgan fingerprint density at radius 2 is 2.00 bits per heavy atom. The van der Waals surface area contributed by atoms with E-state index in [1.807, 2.05) is 6.20 Å². The Labute approximate surface area is 123 Å². The van der Waals surface area contributed by atoms with E-state index in [1.165, 1.54) is 64.2 Å². The Bertz CT molecular complexity index is 406. The molecule has 0 amide bonds. The summed E-state index contributed by atoms with van der Waals surface area (Å²) in [6.07, 6.45) is 17.7. The van der Waals surface area contributed by atoms with Crippen molar-refractivity contribution in [1.82, 2.24) is 9.55 Å². The van der Waals surface area contributed by atoms with E-state index >= 15 is 0 Å². The van der Waals surface area contributed by atoms with Crippen LogP contribution in [0.5, 0.6) is 0 Å². The molecule has 0 radical (unpaired) electrons. The fourth-order valence-corrected chi connectivity index (χ4v) is 4.04. The first-order valence-electron chi connectivity index (χ1n) is 8.66. The largest absolute Gasteiger partial charge is 0.353 e. The van der Waals surface area contributed by atoms with Crippen LogP contribution in [0.15, 0.2) is 12.4 Å². The SMILES string of the molecule is CCC1CCCC(n2ccnc2NC2CCCCC2)C1. The van der Waals surface area contributed by atoms with Gasteiger partial charge in [-0.1, -0.05) is 45.4 Å². The van der Waals surface area contributed by atoms with Crippen LogP contribution in [-0.4, -0.2) is 15.6 Å². The molecule has 1 N–H and O–H groups in total. The molecule has 3 heteroatoms. The van der Waals surface area contributed by atoms with Crippen molar-refractivity contribution in [3.63, 3.8) is 0 Å². The first-order valence-corrected chi connectivity index (χ1v) is 8.66. The van der Waals surface area contributed by atoms with Crippen molar-refractivity contribution in [3.05, 3.63) is 12.4 Å². The van der Waals surface area contributed by atoms with Gasteiger partial charge in [0, 0.05) is 24.5 Å². The number of rotatable bonds is 4. The normalized spacial score (nSPS) is 28.4. The molecule has 20 heavy (non-hydrogen) atoms. The van der Waals surface area contributed by atoms with Crippen LogP contribution in [0, 0.1) is 5.92 Å². The van der Waals surface area contributed by atoms with E-state index < -0.39 is 0 Å². The van der Waals surface area contributed by atoms with Gasteiger partial charge in [-0.2, -0.15) is 0 Å². The molecule has 2 aliphatic carbocycles. The minimum atomic E-state index is 0.649. The van der Waals surface area contributed by atoms with Crippen LogP contribution in [0.2, 0.25) is 0 Å². The minimum Gasteiger partial charge on any atom is -0.353 e. The van der Waals surface area contributed by atoms with Gasteiger partial charge in [0.05, 0.1) is 0 Å². The summed E-state index contributed by atoms with van der Waals surface area (Å²) in [5.41, 5.74) is 0. The lowest BCUT2D eigenvalue weighted by Crippen LogP contribution is -2.26. The maximum absolute atomic E-state index is 4.59.